The van der Waals surface area contributed by atoms with Crippen LogP contribution in [0.4, 0.5) is 0 Å². The third-order valence-corrected chi connectivity index (χ3v) is 5.95. The topological polar surface area (TPSA) is 88.3 Å². The third-order valence-electron chi connectivity index (χ3n) is 4.11. The maximum Gasteiger partial charge on any atom is 0.243 e. The zero-order chi connectivity index (χ0) is 17.2. The number of sulfonamides is 1. The molecule has 0 amide bonds. The Morgan fingerprint density at radius 1 is 1.29 bits per heavy atom. The molecule has 7 nitrogen and oxygen atoms in total. The van der Waals surface area contributed by atoms with Crippen molar-refractivity contribution in [2.75, 3.05) is 19.6 Å². The molecular formula is C16H22N4O3S. The Balaban J connectivity index is 1.45. The number of benzene rings is 1. The van der Waals surface area contributed by atoms with E-state index in [4.69, 9.17) is 4.52 Å². The van der Waals surface area contributed by atoms with E-state index in [0.717, 1.165) is 12.0 Å². The highest BCUT2D eigenvalue weighted by atomic mass is 32.2. The lowest BCUT2D eigenvalue weighted by molar-refractivity contribution is 0.226. The van der Waals surface area contributed by atoms with E-state index < -0.39 is 10.0 Å². The van der Waals surface area contributed by atoms with Crippen molar-refractivity contribution in [3.05, 3.63) is 41.5 Å². The number of nitrogens with zero attached hydrogens (tertiary/aromatic N) is 3. The normalized spacial score (nSPS) is 16.2. The fourth-order valence-corrected chi connectivity index (χ4v) is 4.07. The molecule has 24 heavy (non-hydrogen) atoms. The average molecular weight is 350 g/mol. The number of rotatable bonds is 7. The highest BCUT2D eigenvalue weighted by Crippen LogP contribution is 2.21. The molecule has 2 heterocycles. The summed E-state index contributed by atoms with van der Waals surface area (Å²) in [5.74, 6) is 1.33. The Morgan fingerprint density at radius 3 is 2.62 bits per heavy atom. The largest absolute Gasteiger partial charge is 0.339 e. The van der Waals surface area contributed by atoms with Crippen molar-refractivity contribution in [2.24, 2.45) is 0 Å². The Morgan fingerprint density at radius 2 is 2.00 bits per heavy atom. The van der Waals surface area contributed by atoms with E-state index in [-0.39, 0.29) is 6.04 Å². The molecule has 3 rings (SSSR count). The summed E-state index contributed by atoms with van der Waals surface area (Å²) in [5, 5.41) is 7.17. The molecule has 1 aromatic carbocycles. The van der Waals surface area contributed by atoms with Gasteiger partial charge >= 0.3 is 0 Å². The average Bonchev–Trinajstić information content (AvgIpc) is 2.97. The van der Waals surface area contributed by atoms with Gasteiger partial charge in [-0.15, -0.1) is 0 Å². The highest BCUT2D eigenvalue weighted by molar-refractivity contribution is 7.89. The van der Waals surface area contributed by atoms with Gasteiger partial charge < -0.3 is 9.84 Å². The van der Waals surface area contributed by atoms with Crippen molar-refractivity contribution in [3.63, 3.8) is 0 Å². The fraction of sp³-hybridized carbons (Fsp3) is 0.500. The fourth-order valence-electron chi connectivity index (χ4n) is 2.54. The van der Waals surface area contributed by atoms with Crippen LogP contribution < -0.4 is 5.32 Å². The predicted molar refractivity (Wildman–Crippen MR) is 89.1 cm³/mol. The standard InChI is InChI=1S/C16H22N4O3S/c1-3-15-18-16(23-19-15)8-9-17-13-10-20(11-13)24(21,22)14-6-4-12(2)5-7-14/h4-7,13,17H,3,8-11H2,1-2H3. The summed E-state index contributed by atoms with van der Waals surface area (Å²) in [6.07, 6.45) is 1.40. The van der Waals surface area contributed by atoms with Crippen LogP contribution in [0.3, 0.4) is 0 Å². The molecule has 1 aromatic heterocycles. The molecule has 1 N–H and O–H groups in total. The van der Waals surface area contributed by atoms with Crippen LogP contribution >= 0.6 is 0 Å². The molecule has 8 heteroatoms. The molecule has 130 valence electrons. The van der Waals surface area contributed by atoms with E-state index in [2.05, 4.69) is 15.5 Å². The quantitative estimate of drug-likeness (QED) is 0.806. The van der Waals surface area contributed by atoms with Crippen molar-refractivity contribution >= 4 is 10.0 Å². The number of nitrogens with one attached hydrogen (secondary N) is 1. The summed E-state index contributed by atoms with van der Waals surface area (Å²) < 4.78 is 31.6. The van der Waals surface area contributed by atoms with Gasteiger partial charge in [-0.1, -0.05) is 29.8 Å². The van der Waals surface area contributed by atoms with Gasteiger partial charge in [0, 0.05) is 38.5 Å². The van der Waals surface area contributed by atoms with E-state index in [1.165, 1.54) is 4.31 Å². The molecule has 0 aliphatic carbocycles. The third kappa shape index (κ3) is 3.66. The van der Waals surface area contributed by atoms with Crippen molar-refractivity contribution in [3.8, 4) is 0 Å². The van der Waals surface area contributed by atoms with Crippen LogP contribution in [0.25, 0.3) is 0 Å². The van der Waals surface area contributed by atoms with Crippen LogP contribution in [0.15, 0.2) is 33.7 Å². The molecule has 1 fully saturated rings. The second-order valence-electron chi connectivity index (χ2n) is 5.99. The first-order valence-corrected chi connectivity index (χ1v) is 9.54. The number of hydrogen-bond acceptors (Lipinski definition) is 6. The molecule has 0 unspecified atom stereocenters. The molecule has 0 radical (unpaired) electrons. The molecule has 1 aliphatic rings. The number of aryl methyl sites for hydroxylation is 2. The Hall–Kier alpha value is -1.77. The predicted octanol–water partition coefficient (Wildman–Crippen LogP) is 1.15. The molecule has 1 saturated heterocycles. The minimum Gasteiger partial charge on any atom is -0.339 e. The molecule has 1 aliphatic heterocycles. The van der Waals surface area contributed by atoms with Gasteiger partial charge in [0.1, 0.15) is 0 Å². The van der Waals surface area contributed by atoms with Crippen LogP contribution in [-0.4, -0.2) is 48.5 Å². The summed E-state index contributed by atoms with van der Waals surface area (Å²) in [6.45, 7) is 5.58. The molecule has 0 bridgehead atoms. The van der Waals surface area contributed by atoms with Gasteiger partial charge in [-0.05, 0) is 19.1 Å². The SMILES string of the molecule is CCc1noc(CCNC2CN(S(=O)(=O)c3ccc(C)cc3)C2)n1. The van der Waals surface area contributed by atoms with E-state index in [1.54, 1.807) is 12.1 Å². The lowest BCUT2D eigenvalue weighted by atomic mass is 10.2. The van der Waals surface area contributed by atoms with Gasteiger partial charge in [-0.3, -0.25) is 0 Å². The molecular weight excluding hydrogens is 328 g/mol. The summed E-state index contributed by atoms with van der Waals surface area (Å²) in [6, 6.07) is 7.12. The Labute approximate surface area is 142 Å². The van der Waals surface area contributed by atoms with Gasteiger partial charge in [0.25, 0.3) is 0 Å². The maximum atomic E-state index is 12.5. The molecule has 0 atom stereocenters. The van der Waals surface area contributed by atoms with E-state index in [0.29, 0.717) is 42.7 Å². The second kappa shape index (κ2) is 7.00. The zero-order valence-electron chi connectivity index (χ0n) is 13.9. The maximum absolute atomic E-state index is 12.5. The zero-order valence-corrected chi connectivity index (χ0v) is 14.7. The first-order chi connectivity index (χ1) is 11.5. The van der Waals surface area contributed by atoms with Gasteiger partial charge in [-0.25, -0.2) is 8.42 Å². The van der Waals surface area contributed by atoms with E-state index >= 15 is 0 Å². The second-order valence-corrected chi connectivity index (χ2v) is 7.93. The molecule has 0 spiro atoms. The van der Waals surface area contributed by atoms with Crippen molar-refractivity contribution in [2.45, 2.75) is 37.6 Å². The Bertz CT molecular complexity index is 780. The first kappa shape index (κ1) is 17.1. The molecule has 0 saturated carbocycles. The summed E-state index contributed by atoms with van der Waals surface area (Å²) in [4.78, 5) is 4.60. The lowest BCUT2D eigenvalue weighted by Crippen LogP contribution is -2.59. The number of hydrogen-bond donors (Lipinski definition) is 1. The van der Waals surface area contributed by atoms with Crippen LogP contribution in [0, 0.1) is 6.92 Å². The van der Waals surface area contributed by atoms with Gasteiger partial charge in [0.15, 0.2) is 5.82 Å². The Kier molecular flexibility index (Phi) is 4.98. The first-order valence-electron chi connectivity index (χ1n) is 8.10. The van der Waals surface area contributed by atoms with Gasteiger partial charge in [0.05, 0.1) is 4.90 Å². The molecule has 2 aromatic rings. The van der Waals surface area contributed by atoms with Gasteiger partial charge in [0.2, 0.25) is 15.9 Å². The minimum atomic E-state index is -3.38. The van der Waals surface area contributed by atoms with E-state index in [1.807, 2.05) is 26.0 Å². The highest BCUT2D eigenvalue weighted by Gasteiger charge is 2.36. The van der Waals surface area contributed by atoms with Crippen LogP contribution in [-0.2, 0) is 22.9 Å². The van der Waals surface area contributed by atoms with Gasteiger partial charge in [-0.2, -0.15) is 9.29 Å². The minimum absolute atomic E-state index is 0.166. The van der Waals surface area contributed by atoms with Crippen LogP contribution in [0.5, 0.6) is 0 Å². The summed E-state index contributed by atoms with van der Waals surface area (Å²) in [5.41, 5.74) is 1.05. The summed E-state index contributed by atoms with van der Waals surface area (Å²) >= 11 is 0. The van der Waals surface area contributed by atoms with Crippen molar-refractivity contribution < 1.29 is 12.9 Å². The van der Waals surface area contributed by atoms with E-state index in [9.17, 15) is 8.42 Å². The van der Waals surface area contributed by atoms with Crippen molar-refractivity contribution in [1.29, 1.82) is 0 Å². The van der Waals surface area contributed by atoms with Crippen LogP contribution in [0.1, 0.15) is 24.2 Å². The smallest absolute Gasteiger partial charge is 0.243 e. The number of aromatic nitrogens is 2. The monoisotopic (exact) mass is 350 g/mol. The summed E-state index contributed by atoms with van der Waals surface area (Å²) in [7, 11) is -3.38. The van der Waals surface area contributed by atoms with Crippen LogP contribution in [0.2, 0.25) is 0 Å². The lowest BCUT2D eigenvalue weighted by Gasteiger charge is -2.38. The van der Waals surface area contributed by atoms with Crippen molar-refractivity contribution in [1.82, 2.24) is 19.8 Å².